The summed E-state index contributed by atoms with van der Waals surface area (Å²) in [5.41, 5.74) is 10.8. The Hall–Kier alpha value is -6.89. The number of nitrogens with zero attached hydrogens (tertiary/aromatic N) is 13. The minimum atomic E-state index is -0.147. The van der Waals surface area contributed by atoms with Gasteiger partial charge in [0, 0.05) is 113 Å². The minimum Gasteiger partial charge on any atom is -0.368 e. The van der Waals surface area contributed by atoms with Crippen molar-refractivity contribution in [3.05, 3.63) is 129 Å². The second-order valence-corrected chi connectivity index (χ2v) is 15.7. The lowest BCUT2D eigenvalue weighted by molar-refractivity contribution is 0.313. The molecule has 8 aromatic rings. The largest absolute Gasteiger partial charge is 0.368 e. The van der Waals surface area contributed by atoms with Crippen LogP contribution in [-0.2, 0) is 0 Å². The smallest absolute Gasteiger partial charge is 0.258 e. The Bertz CT molecular complexity index is 3060. The number of anilines is 2. The summed E-state index contributed by atoms with van der Waals surface area (Å²) in [5.74, 6) is 0. The third-order valence-electron chi connectivity index (χ3n) is 11.3. The summed E-state index contributed by atoms with van der Waals surface area (Å²) in [6.07, 6.45) is 11.5. The monoisotopic (exact) mass is 787 g/mol. The van der Waals surface area contributed by atoms with E-state index in [0.29, 0.717) is 39.5 Å². The number of likely N-dealkylation sites (N-methyl/N-ethyl adjacent to an activating group) is 2. The summed E-state index contributed by atoms with van der Waals surface area (Å²) < 4.78 is 7.04. The Kier molecular flexibility index (Phi) is 9.66. The zero-order chi connectivity index (χ0) is 40.9. The van der Waals surface area contributed by atoms with Gasteiger partial charge in [0.05, 0.1) is 39.7 Å². The molecule has 10 rings (SSSR count). The van der Waals surface area contributed by atoms with Crippen LogP contribution in [0, 0.1) is 32.1 Å². The van der Waals surface area contributed by atoms with Crippen molar-refractivity contribution in [1.82, 2.24) is 47.3 Å². The van der Waals surface area contributed by atoms with Crippen LogP contribution in [-0.4, -0.2) is 114 Å². The molecule has 0 amide bonds. The number of nitriles is 1. The highest BCUT2D eigenvalue weighted by Gasteiger charge is 2.18. The third-order valence-corrected chi connectivity index (χ3v) is 11.3. The van der Waals surface area contributed by atoms with Gasteiger partial charge in [-0.15, -0.1) is 0 Å². The summed E-state index contributed by atoms with van der Waals surface area (Å²) in [6, 6.07) is 17.0. The molecule has 2 fully saturated rings. The second-order valence-electron chi connectivity index (χ2n) is 15.7. The Morgan fingerprint density at radius 3 is 1.49 bits per heavy atom. The first-order chi connectivity index (χ1) is 28.5. The quantitative estimate of drug-likeness (QED) is 0.252. The predicted molar refractivity (Wildman–Crippen MR) is 230 cm³/mol. The number of pyridine rings is 4. The van der Waals surface area contributed by atoms with Gasteiger partial charge in [0.15, 0.2) is 5.65 Å². The van der Waals surface area contributed by atoms with E-state index in [1.807, 2.05) is 91.0 Å². The summed E-state index contributed by atoms with van der Waals surface area (Å²) in [4.78, 5) is 53.4. The van der Waals surface area contributed by atoms with E-state index >= 15 is 0 Å². The fraction of sp³-hybridized carbons (Fsp3) is 0.295. The van der Waals surface area contributed by atoms with Gasteiger partial charge >= 0.3 is 0 Å². The molecule has 0 radical (unpaired) electrons. The van der Waals surface area contributed by atoms with Gasteiger partial charge < -0.3 is 28.4 Å². The molecule has 2 aliphatic rings. The van der Waals surface area contributed by atoms with Crippen LogP contribution in [0.2, 0.25) is 0 Å². The molecule has 0 unspecified atom stereocenters. The highest BCUT2D eigenvalue weighted by atomic mass is 16.1. The molecule has 0 aromatic carbocycles. The van der Waals surface area contributed by atoms with Crippen LogP contribution in [0.3, 0.4) is 0 Å². The van der Waals surface area contributed by atoms with Gasteiger partial charge in [0.25, 0.3) is 11.1 Å². The number of imidazole rings is 2. The summed E-state index contributed by atoms with van der Waals surface area (Å²) in [6.45, 7) is 13.7. The zero-order valence-corrected chi connectivity index (χ0v) is 33.9. The summed E-state index contributed by atoms with van der Waals surface area (Å²) in [7, 11) is 4.26. The van der Waals surface area contributed by atoms with Crippen LogP contribution in [0.4, 0.5) is 11.4 Å². The molecular formula is C44H45N13O2. The van der Waals surface area contributed by atoms with Gasteiger partial charge in [0.2, 0.25) is 0 Å². The molecule has 0 aliphatic carbocycles. The average Bonchev–Trinajstić information content (AvgIpc) is 3.82. The van der Waals surface area contributed by atoms with E-state index in [-0.39, 0.29) is 11.1 Å². The number of aromatic nitrogens is 8. The maximum atomic E-state index is 12.9. The average molecular weight is 788 g/mol. The van der Waals surface area contributed by atoms with Crippen molar-refractivity contribution in [3.8, 4) is 28.6 Å². The Morgan fingerprint density at radius 2 is 1.00 bits per heavy atom. The van der Waals surface area contributed by atoms with Crippen molar-refractivity contribution in [2.45, 2.75) is 20.8 Å². The maximum Gasteiger partial charge on any atom is 0.258 e. The van der Waals surface area contributed by atoms with Crippen molar-refractivity contribution in [2.75, 3.05) is 76.3 Å². The molecule has 8 aromatic heterocycles. The van der Waals surface area contributed by atoms with Crippen LogP contribution in [0.5, 0.6) is 0 Å². The van der Waals surface area contributed by atoms with Crippen molar-refractivity contribution < 1.29 is 0 Å². The van der Waals surface area contributed by atoms with Gasteiger partial charge in [-0.3, -0.25) is 18.4 Å². The molecule has 0 bridgehead atoms. The number of aryl methyl sites for hydroxylation is 3. The van der Waals surface area contributed by atoms with Crippen molar-refractivity contribution in [2.24, 2.45) is 0 Å². The number of piperazine rings is 2. The molecule has 10 heterocycles. The van der Waals surface area contributed by atoms with Crippen molar-refractivity contribution in [1.29, 1.82) is 5.26 Å². The second kappa shape index (κ2) is 15.1. The first-order valence-electron chi connectivity index (χ1n) is 19.8. The molecular weight excluding hydrogens is 743 g/mol. The number of hydrogen-bond acceptors (Lipinski definition) is 11. The Morgan fingerprint density at radius 1 is 0.542 bits per heavy atom. The fourth-order valence-corrected chi connectivity index (χ4v) is 7.96. The van der Waals surface area contributed by atoms with Crippen molar-refractivity contribution in [3.63, 3.8) is 0 Å². The Balaban J connectivity index is 0.000000152. The van der Waals surface area contributed by atoms with Crippen LogP contribution < -0.4 is 20.9 Å². The molecule has 59 heavy (non-hydrogen) atoms. The minimum absolute atomic E-state index is 0.0689. The van der Waals surface area contributed by atoms with Crippen LogP contribution in [0.1, 0.15) is 22.5 Å². The lowest BCUT2D eigenvalue weighted by atomic mass is 10.1. The van der Waals surface area contributed by atoms with E-state index in [1.54, 1.807) is 20.9 Å². The normalized spacial score (nSPS) is 15.3. The van der Waals surface area contributed by atoms with Gasteiger partial charge in [0.1, 0.15) is 23.0 Å². The Labute approximate surface area is 340 Å². The van der Waals surface area contributed by atoms with E-state index in [0.717, 1.165) is 91.9 Å². The first-order valence-corrected chi connectivity index (χ1v) is 19.8. The number of hydrogen-bond donors (Lipinski definition) is 0. The fourth-order valence-electron chi connectivity index (χ4n) is 7.96. The first kappa shape index (κ1) is 37.7. The number of fused-ring (bicyclic) bond motifs is 4. The molecule has 2 aliphatic heterocycles. The van der Waals surface area contributed by atoms with E-state index in [1.165, 1.54) is 6.07 Å². The highest BCUT2D eigenvalue weighted by Crippen LogP contribution is 2.25. The van der Waals surface area contributed by atoms with Crippen molar-refractivity contribution >= 4 is 34.0 Å². The van der Waals surface area contributed by atoms with Crippen LogP contribution >= 0.6 is 0 Å². The third kappa shape index (κ3) is 7.39. The molecule has 15 heteroatoms. The summed E-state index contributed by atoms with van der Waals surface area (Å²) >= 11 is 0. The van der Waals surface area contributed by atoms with E-state index in [9.17, 15) is 14.9 Å². The van der Waals surface area contributed by atoms with E-state index in [2.05, 4.69) is 60.8 Å². The van der Waals surface area contributed by atoms with Crippen LogP contribution in [0.15, 0.2) is 95.3 Å². The standard InChI is InChI=1S/C22H21N7O.C22H24N6O/c1-15-12-28-13-17(9-16(11-23)22(28)24-15)19-10-21(30)29-14-18(3-4-20(29)25-19)27-7-5-26(2)6-8-27;1-15-10-17(13-27-12-16(2)23-22(15)27)19-11-21(29)28-14-18(4-5-20(28)24-19)26-8-6-25(3)7-9-26/h3-4,9-10,12-14H,5-8H2,1-2H3;4-5,10-14H,6-9H2,1-3H3. The van der Waals surface area contributed by atoms with Gasteiger partial charge in [-0.05, 0) is 76.8 Å². The van der Waals surface area contributed by atoms with E-state index in [4.69, 9.17) is 4.98 Å². The zero-order valence-electron chi connectivity index (χ0n) is 33.9. The van der Waals surface area contributed by atoms with Crippen LogP contribution in [0.25, 0.3) is 45.1 Å². The molecule has 298 valence electrons. The van der Waals surface area contributed by atoms with Gasteiger partial charge in [-0.1, -0.05) is 0 Å². The maximum absolute atomic E-state index is 12.9. The van der Waals surface area contributed by atoms with E-state index < -0.39 is 0 Å². The van der Waals surface area contributed by atoms with Gasteiger partial charge in [-0.25, -0.2) is 19.9 Å². The topological polar surface area (TPSA) is 140 Å². The predicted octanol–water partition coefficient (Wildman–Crippen LogP) is 4.32. The lowest BCUT2D eigenvalue weighted by Crippen LogP contribution is -2.44. The molecule has 2 saturated heterocycles. The molecule has 15 nitrogen and oxygen atoms in total. The molecule has 0 atom stereocenters. The highest BCUT2D eigenvalue weighted by molar-refractivity contribution is 5.69. The molecule has 0 saturated carbocycles. The molecule has 0 spiro atoms. The summed E-state index contributed by atoms with van der Waals surface area (Å²) in [5, 5.41) is 9.52. The number of rotatable bonds is 4. The lowest BCUT2D eigenvalue weighted by Gasteiger charge is -2.34. The molecule has 0 N–H and O–H groups in total. The SMILES string of the molecule is Cc1cn2cc(-c3cc(=O)n4cc(N5CCN(C)CC5)ccc4n3)cc(C#N)c2n1.Cc1cn2cc(-c3cc(=O)n4cc(N5CCN(C)CC5)ccc4n3)cc(C)c2n1. The van der Waals surface area contributed by atoms with Gasteiger partial charge in [-0.2, -0.15) is 5.26 Å².